The van der Waals surface area contributed by atoms with Crippen LogP contribution in [0.25, 0.3) is 0 Å². The topological polar surface area (TPSA) is 130 Å². The lowest BCUT2D eigenvalue weighted by Gasteiger charge is -2.28. The normalized spacial score (nSPS) is 14.0. The van der Waals surface area contributed by atoms with Gasteiger partial charge in [-0.1, -0.05) is 6.42 Å². The van der Waals surface area contributed by atoms with E-state index in [0.29, 0.717) is 13.0 Å². The Morgan fingerprint density at radius 3 is 2.33 bits per heavy atom. The zero-order valence-electron chi connectivity index (χ0n) is 10.7. The summed E-state index contributed by atoms with van der Waals surface area (Å²) in [6.07, 6.45) is 1.96. The number of carboxylic acid groups (broad SMARTS) is 1. The van der Waals surface area contributed by atoms with Crippen molar-refractivity contribution in [1.82, 2.24) is 4.90 Å². The second-order valence-corrected chi connectivity index (χ2v) is 4.05. The van der Waals surface area contributed by atoms with E-state index in [1.54, 1.807) is 6.92 Å². The maximum absolute atomic E-state index is 12.0. The van der Waals surface area contributed by atoms with Crippen molar-refractivity contribution >= 4 is 11.9 Å². The number of unbranched alkanes of at least 4 members (excludes halogenated alkanes) is 1. The van der Waals surface area contributed by atoms with Crippen molar-refractivity contribution in [2.45, 2.75) is 38.3 Å². The fourth-order valence-corrected chi connectivity index (χ4v) is 1.68. The largest absolute Gasteiger partial charge is 0.480 e. The molecule has 0 aromatic heterocycles. The number of amides is 1. The Bertz CT molecular complexity index is 273. The van der Waals surface area contributed by atoms with Crippen LogP contribution in [0.15, 0.2) is 0 Å². The molecule has 106 valence electrons. The van der Waals surface area contributed by atoms with E-state index in [1.807, 2.05) is 0 Å². The van der Waals surface area contributed by atoms with E-state index in [-0.39, 0.29) is 6.54 Å². The number of carbonyl (C=O) groups excluding carboxylic acids is 1. The first-order chi connectivity index (χ1) is 8.49. The number of aliphatic hydroxyl groups is 1. The Morgan fingerprint density at radius 2 is 1.94 bits per heavy atom. The van der Waals surface area contributed by atoms with E-state index < -0.39 is 30.6 Å². The molecule has 7 heteroatoms. The van der Waals surface area contributed by atoms with Gasteiger partial charge in [0.2, 0.25) is 5.91 Å². The predicted octanol–water partition coefficient (Wildman–Crippen LogP) is -1.26. The van der Waals surface area contributed by atoms with Crippen LogP contribution in [0.2, 0.25) is 0 Å². The lowest BCUT2D eigenvalue weighted by atomic mass is 10.1. The Hall–Kier alpha value is -1.18. The van der Waals surface area contributed by atoms with Crippen LogP contribution in [0.5, 0.6) is 0 Å². The van der Waals surface area contributed by atoms with Crippen molar-refractivity contribution < 1.29 is 19.8 Å². The third-order valence-electron chi connectivity index (χ3n) is 2.74. The molecule has 0 rings (SSSR count). The van der Waals surface area contributed by atoms with Crippen molar-refractivity contribution in [1.29, 1.82) is 0 Å². The van der Waals surface area contributed by atoms with Gasteiger partial charge in [-0.05, 0) is 26.3 Å². The second-order valence-electron chi connectivity index (χ2n) is 4.05. The van der Waals surface area contributed by atoms with Gasteiger partial charge in [-0.2, -0.15) is 0 Å². The van der Waals surface area contributed by atoms with Crippen molar-refractivity contribution in [3.63, 3.8) is 0 Å². The molecule has 7 nitrogen and oxygen atoms in total. The van der Waals surface area contributed by atoms with Crippen LogP contribution in [0.3, 0.4) is 0 Å². The molecule has 0 saturated heterocycles. The number of nitrogens with zero attached hydrogens (tertiary/aromatic N) is 1. The number of likely N-dealkylation sites (N-methyl/N-ethyl adjacent to an activating group) is 1. The van der Waals surface area contributed by atoms with Crippen LogP contribution >= 0.6 is 0 Å². The number of hydrogen-bond acceptors (Lipinski definition) is 5. The fraction of sp³-hybridized carbons (Fsp3) is 0.818. The minimum atomic E-state index is -1.23. The average Bonchev–Trinajstić information content (AvgIpc) is 2.34. The van der Waals surface area contributed by atoms with Crippen LogP contribution in [-0.2, 0) is 9.59 Å². The molecule has 0 aromatic rings. The first-order valence-electron chi connectivity index (χ1n) is 6.09. The maximum atomic E-state index is 12.0. The molecule has 1 amide bonds. The fourth-order valence-electron chi connectivity index (χ4n) is 1.68. The number of nitrogens with two attached hydrogens (primary N) is 2. The molecule has 0 aliphatic rings. The van der Waals surface area contributed by atoms with Gasteiger partial charge in [-0.15, -0.1) is 0 Å². The van der Waals surface area contributed by atoms with Crippen LogP contribution in [0, 0.1) is 0 Å². The van der Waals surface area contributed by atoms with Gasteiger partial charge in [0, 0.05) is 6.54 Å². The monoisotopic (exact) mass is 261 g/mol. The third-order valence-corrected chi connectivity index (χ3v) is 2.74. The summed E-state index contributed by atoms with van der Waals surface area (Å²) >= 11 is 0. The van der Waals surface area contributed by atoms with E-state index in [2.05, 4.69) is 0 Å². The van der Waals surface area contributed by atoms with E-state index in [9.17, 15) is 9.59 Å². The molecule has 0 bridgehead atoms. The molecule has 0 fully saturated rings. The molecule has 2 atom stereocenters. The average molecular weight is 261 g/mol. The van der Waals surface area contributed by atoms with Gasteiger partial charge < -0.3 is 26.6 Å². The van der Waals surface area contributed by atoms with E-state index >= 15 is 0 Å². The minimum absolute atomic E-state index is 0.195. The van der Waals surface area contributed by atoms with Gasteiger partial charge in [-0.3, -0.25) is 4.79 Å². The van der Waals surface area contributed by atoms with Crippen molar-refractivity contribution in [2.24, 2.45) is 11.5 Å². The van der Waals surface area contributed by atoms with Crippen molar-refractivity contribution in [3.05, 3.63) is 0 Å². The number of aliphatic hydroxyl groups excluding tert-OH is 1. The summed E-state index contributed by atoms with van der Waals surface area (Å²) in [5, 5.41) is 17.9. The molecule has 0 spiro atoms. The summed E-state index contributed by atoms with van der Waals surface area (Å²) in [6, 6.07) is -1.98. The summed E-state index contributed by atoms with van der Waals surface area (Å²) in [7, 11) is 0. The van der Waals surface area contributed by atoms with Gasteiger partial charge in [-0.25, -0.2) is 4.79 Å². The van der Waals surface area contributed by atoms with Gasteiger partial charge in [0.1, 0.15) is 0 Å². The Balaban J connectivity index is 4.53. The van der Waals surface area contributed by atoms with Crippen LogP contribution in [0.4, 0.5) is 0 Å². The molecule has 0 aliphatic carbocycles. The number of hydrogen-bond donors (Lipinski definition) is 4. The first-order valence-corrected chi connectivity index (χ1v) is 6.09. The van der Waals surface area contributed by atoms with Crippen molar-refractivity contribution in [3.8, 4) is 0 Å². The highest BCUT2D eigenvalue weighted by atomic mass is 16.4. The van der Waals surface area contributed by atoms with E-state index in [1.165, 1.54) is 0 Å². The standard InChI is InChI=1S/C11H23N3O4/c1-2-14(9(7-15)11(17)18)10(16)8(13)5-3-4-6-12/h8-9,15H,2-7,12-13H2,1H3,(H,17,18)/t8-,9-/m0/s1. The Morgan fingerprint density at radius 1 is 1.33 bits per heavy atom. The minimum Gasteiger partial charge on any atom is -0.480 e. The predicted molar refractivity (Wildman–Crippen MR) is 66.8 cm³/mol. The molecule has 0 radical (unpaired) electrons. The van der Waals surface area contributed by atoms with Gasteiger partial charge in [0.15, 0.2) is 6.04 Å². The van der Waals surface area contributed by atoms with Crippen LogP contribution < -0.4 is 11.5 Å². The Labute approximate surface area is 107 Å². The highest BCUT2D eigenvalue weighted by Crippen LogP contribution is 2.06. The van der Waals surface area contributed by atoms with Crippen molar-refractivity contribution in [2.75, 3.05) is 19.7 Å². The number of rotatable bonds is 9. The van der Waals surface area contributed by atoms with Gasteiger partial charge in [0.25, 0.3) is 0 Å². The molecule has 0 aromatic carbocycles. The highest BCUT2D eigenvalue weighted by Gasteiger charge is 2.30. The maximum Gasteiger partial charge on any atom is 0.328 e. The summed E-state index contributed by atoms with van der Waals surface area (Å²) in [5.41, 5.74) is 11.1. The highest BCUT2D eigenvalue weighted by molar-refractivity contribution is 5.86. The molecule has 0 saturated carbocycles. The summed E-state index contributed by atoms with van der Waals surface area (Å²) in [6.45, 7) is 1.76. The van der Waals surface area contributed by atoms with Gasteiger partial charge >= 0.3 is 5.97 Å². The molecule has 6 N–H and O–H groups in total. The summed E-state index contributed by atoms with van der Waals surface area (Å²) in [4.78, 5) is 24.0. The first kappa shape index (κ1) is 16.8. The molecule has 0 heterocycles. The van der Waals surface area contributed by atoms with Gasteiger partial charge in [0.05, 0.1) is 12.6 Å². The zero-order chi connectivity index (χ0) is 14.1. The quantitative estimate of drug-likeness (QED) is 0.383. The molecule has 18 heavy (non-hydrogen) atoms. The smallest absolute Gasteiger partial charge is 0.328 e. The molecule has 0 unspecified atom stereocenters. The Kier molecular flexibility index (Phi) is 8.27. The van der Waals surface area contributed by atoms with Crippen LogP contribution in [-0.4, -0.2) is 58.8 Å². The SMILES string of the molecule is CCN(C(=O)[C@@H](N)CCCCN)[C@@H](CO)C(=O)O. The van der Waals surface area contributed by atoms with E-state index in [0.717, 1.165) is 17.7 Å². The molecular formula is C11H23N3O4. The second kappa shape index (κ2) is 8.84. The molecule has 0 aliphatic heterocycles. The lowest BCUT2D eigenvalue weighted by molar-refractivity contribution is -0.152. The third kappa shape index (κ3) is 4.99. The zero-order valence-corrected chi connectivity index (χ0v) is 10.7. The summed E-state index contributed by atoms with van der Waals surface area (Å²) in [5.74, 6) is -1.68. The summed E-state index contributed by atoms with van der Waals surface area (Å²) < 4.78 is 0. The van der Waals surface area contributed by atoms with E-state index in [4.69, 9.17) is 21.7 Å². The molecular weight excluding hydrogens is 238 g/mol. The number of aliphatic carboxylic acids is 1. The number of carboxylic acids is 1. The van der Waals surface area contributed by atoms with Crippen LogP contribution in [0.1, 0.15) is 26.2 Å². The lowest BCUT2D eigenvalue weighted by Crippen LogP contribution is -2.52. The number of carbonyl (C=O) groups is 2.